The van der Waals surface area contributed by atoms with Crippen molar-refractivity contribution in [2.75, 3.05) is 13.1 Å². The monoisotopic (exact) mass is 421 g/mol. The number of carbonyl (C=O) groups is 2. The van der Waals surface area contributed by atoms with Crippen molar-refractivity contribution >= 4 is 11.8 Å². The molecule has 0 atom stereocenters. The summed E-state index contributed by atoms with van der Waals surface area (Å²) in [7, 11) is 0. The van der Waals surface area contributed by atoms with E-state index in [0.29, 0.717) is 18.7 Å². The van der Waals surface area contributed by atoms with Gasteiger partial charge in [-0.1, -0.05) is 35.0 Å². The fourth-order valence-electron chi connectivity index (χ4n) is 3.80. The van der Waals surface area contributed by atoms with Crippen molar-refractivity contribution in [3.63, 3.8) is 0 Å². The third-order valence-corrected chi connectivity index (χ3v) is 5.58. The maximum atomic E-state index is 13.0. The van der Waals surface area contributed by atoms with Crippen molar-refractivity contribution in [3.8, 4) is 0 Å². The first kappa shape index (κ1) is 20.8. The lowest BCUT2D eigenvalue weighted by Gasteiger charge is -2.31. The van der Waals surface area contributed by atoms with Gasteiger partial charge in [-0.05, 0) is 49.6 Å². The molecule has 0 radical (unpaired) electrons. The van der Waals surface area contributed by atoms with Crippen LogP contribution in [0.3, 0.4) is 0 Å². The molecule has 7 heteroatoms. The summed E-state index contributed by atoms with van der Waals surface area (Å²) in [6.45, 7) is 3.52. The Bertz CT molecular complexity index is 1070. The molecule has 1 aliphatic rings. The third kappa shape index (κ3) is 4.99. The molecule has 1 aromatic heterocycles. The van der Waals surface area contributed by atoms with Gasteiger partial charge >= 0.3 is 0 Å². The zero-order valence-electron chi connectivity index (χ0n) is 17.3. The Morgan fingerprint density at radius 2 is 1.87 bits per heavy atom. The van der Waals surface area contributed by atoms with E-state index in [1.807, 2.05) is 36.1 Å². The molecule has 160 valence electrons. The number of carbonyl (C=O) groups excluding carboxylic acids is 2. The molecule has 0 unspecified atom stereocenters. The zero-order valence-corrected chi connectivity index (χ0v) is 17.3. The van der Waals surface area contributed by atoms with Gasteiger partial charge in [-0.2, -0.15) is 0 Å². The average molecular weight is 421 g/mol. The van der Waals surface area contributed by atoms with Gasteiger partial charge in [0.05, 0.1) is 5.69 Å². The van der Waals surface area contributed by atoms with Crippen LogP contribution in [-0.4, -0.2) is 35.0 Å². The molecule has 31 heavy (non-hydrogen) atoms. The van der Waals surface area contributed by atoms with E-state index in [1.165, 1.54) is 12.1 Å². The van der Waals surface area contributed by atoms with Crippen LogP contribution >= 0.6 is 0 Å². The van der Waals surface area contributed by atoms with Crippen molar-refractivity contribution in [1.29, 1.82) is 0 Å². The lowest BCUT2D eigenvalue weighted by molar-refractivity contribution is 0.0711. The topological polar surface area (TPSA) is 75.4 Å². The minimum Gasteiger partial charge on any atom is -0.351 e. The van der Waals surface area contributed by atoms with Crippen molar-refractivity contribution in [1.82, 2.24) is 15.4 Å². The molecule has 1 saturated heterocycles. The Kier molecular flexibility index (Phi) is 6.11. The van der Waals surface area contributed by atoms with Crippen LogP contribution in [-0.2, 0) is 6.54 Å². The van der Waals surface area contributed by atoms with Gasteiger partial charge in [0.25, 0.3) is 11.8 Å². The first-order valence-corrected chi connectivity index (χ1v) is 10.3. The van der Waals surface area contributed by atoms with Gasteiger partial charge in [-0.25, -0.2) is 4.39 Å². The smallest absolute Gasteiger partial charge is 0.290 e. The van der Waals surface area contributed by atoms with Crippen LogP contribution in [0.25, 0.3) is 0 Å². The summed E-state index contributed by atoms with van der Waals surface area (Å²) in [4.78, 5) is 26.9. The summed E-state index contributed by atoms with van der Waals surface area (Å²) in [6, 6.07) is 15.2. The highest BCUT2D eigenvalue weighted by atomic mass is 19.1. The molecule has 2 aromatic carbocycles. The number of benzene rings is 2. The second-order valence-corrected chi connectivity index (χ2v) is 7.86. The minimum absolute atomic E-state index is 0.0446. The maximum absolute atomic E-state index is 13.0. The number of rotatable bonds is 5. The van der Waals surface area contributed by atoms with Crippen LogP contribution in [0, 0.1) is 12.7 Å². The minimum atomic E-state index is -0.366. The summed E-state index contributed by atoms with van der Waals surface area (Å²) in [5.41, 5.74) is 3.29. The van der Waals surface area contributed by atoms with Gasteiger partial charge in [0.1, 0.15) is 5.82 Å². The second kappa shape index (κ2) is 9.12. The van der Waals surface area contributed by atoms with Gasteiger partial charge in [-0.15, -0.1) is 0 Å². The van der Waals surface area contributed by atoms with Crippen LogP contribution in [0.1, 0.15) is 56.5 Å². The SMILES string of the molecule is Cc1cccc(C(=O)N2CCC(c3cc(C(=O)NCc4ccc(F)cc4)on3)CC2)c1. The number of piperidine rings is 1. The first-order valence-electron chi connectivity index (χ1n) is 10.3. The van der Waals surface area contributed by atoms with Gasteiger partial charge in [0, 0.05) is 37.2 Å². The standard InChI is InChI=1S/C24H24FN3O3/c1-16-3-2-4-19(13-16)24(30)28-11-9-18(10-12-28)21-14-22(31-27-21)23(29)26-15-17-5-7-20(25)8-6-17/h2-8,13-14,18H,9-12,15H2,1H3,(H,26,29). The van der Waals surface area contributed by atoms with Crippen molar-refractivity contribution < 1.29 is 18.5 Å². The Labute approximate surface area is 180 Å². The number of halogens is 1. The Morgan fingerprint density at radius 3 is 2.58 bits per heavy atom. The number of likely N-dealkylation sites (tertiary alicyclic amines) is 1. The molecule has 0 spiro atoms. The van der Waals surface area contributed by atoms with Crippen LogP contribution < -0.4 is 5.32 Å². The molecule has 1 N–H and O–H groups in total. The lowest BCUT2D eigenvalue weighted by Crippen LogP contribution is -2.38. The van der Waals surface area contributed by atoms with E-state index in [0.717, 1.165) is 29.7 Å². The number of aryl methyl sites for hydroxylation is 1. The van der Waals surface area contributed by atoms with E-state index in [9.17, 15) is 14.0 Å². The van der Waals surface area contributed by atoms with Crippen LogP contribution in [0.4, 0.5) is 4.39 Å². The lowest BCUT2D eigenvalue weighted by atomic mass is 9.93. The van der Waals surface area contributed by atoms with Gasteiger partial charge in [-0.3, -0.25) is 9.59 Å². The van der Waals surface area contributed by atoms with E-state index in [1.54, 1.807) is 18.2 Å². The van der Waals surface area contributed by atoms with Crippen LogP contribution in [0.5, 0.6) is 0 Å². The highest BCUT2D eigenvalue weighted by Crippen LogP contribution is 2.28. The van der Waals surface area contributed by atoms with E-state index in [-0.39, 0.29) is 35.9 Å². The number of hydrogen-bond donors (Lipinski definition) is 1. The molecule has 0 bridgehead atoms. The van der Waals surface area contributed by atoms with Crippen molar-refractivity contribution in [2.24, 2.45) is 0 Å². The Balaban J connectivity index is 1.31. The quantitative estimate of drug-likeness (QED) is 0.674. The highest BCUT2D eigenvalue weighted by Gasteiger charge is 2.27. The van der Waals surface area contributed by atoms with Gasteiger partial charge in [0.2, 0.25) is 5.76 Å². The fraction of sp³-hybridized carbons (Fsp3) is 0.292. The number of hydrogen-bond acceptors (Lipinski definition) is 4. The highest BCUT2D eigenvalue weighted by molar-refractivity contribution is 5.94. The van der Waals surface area contributed by atoms with Crippen molar-refractivity contribution in [2.45, 2.75) is 32.2 Å². The van der Waals surface area contributed by atoms with Crippen LogP contribution in [0.2, 0.25) is 0 Å². The van der Waals surface area contributed by atoms with Crippen LogP contribution in [0.15, 0.2) is 59.1 Å². The fourth-order valence-corrected chi connectivity index (χ4v) is 3.80. The summed E-state index contributed by atoms with van der Waals surface area (Å²) >= 11 is 0. The summed E-state index contributed by atoms with van der Waals surface area (Å²) < 4.78 is 18.2. The molecule has 1 fully saturated rings. The predicted molar refractivity (Wildman–Crippen MR) is 113 cm³/mol. The second-order valence-electron chi connectivity index (χ2n) is 7.86. The zero-order chi connectivity index (χ0) is 21.8. The van der Waals surface area contributed by atoms with Gasteiger partial charge in [0.15, 0.2) is 0 Å². The molecule has 2 amide bonds. The van der Waals surface area contributed by atoms with E-state index in [4.69, 9.17) is 4.52 Å². The van der Waals surface area contributed by atoms with E-state index in [2.05, 4.69) is 10.5 Å². The molecule has 4 rings (SSSR count). The third-order valence-electron chi connectivity index (χ3n) is 5.58. The summed E-state index contributed by atoms with van der Waals surface area (Å²) in [5.74, 6) is -0.348. The number of nitrogens with one attached hydrogen (secondary N) is 1. The molecule has 0 aliphatic carbocycles. The largest absolute Gasteiger partial charge is 0.351 e. The molecular weight excluding hydrogens is 397 g/mol. The number of aromatic nitrogens is 1. The normalized spacial score (nSPS) is 14.5. The Hall–Kier alpha value is -3.48. The maximum Gasteiger partial charge on any atom is 0.290 e. The Morgan fingerprint density at radius 1 is 1.13 bits per heavy atom. The molecular formula is C24H24FN3O3. The van der Waals surface area contributed by atoms with E-state index < -0.39 is 0 Å². The number of nitrogens with zero attached hydrogens (tertiary/aromatic N) is 2. The summed E-state index contributed by atoms with van der Waals surface area (Å²) in [6.07, 6.45) is 1.53. The molecule has 0 saturated carbocycles. The van der Waals surface area contributed by atoms with Gasteiger partial charge < -0.3 is 14.7 Å². The predicted octanol–water partition coefficient (Wildman–Crippen LogP) is 4.07. The first-order chi connectivity index (χ1) is 15.0. The number of amides is 2. The average Bonchev–Trinajstić information content (AvgIpc) is 3.29. The summed E-state index contributed by atoms with van der Waals surface area (Å²) in [5, 5.41) is 6.83. The molecule has 1 aliphatic heterocycles. The molecule has 2 heterocycles. The molecule has 3 aromatic rings. The van der Waals surface area contributed by atoms with Crippen molar-refractivity contribution in [3.05, 3.63) is 88.6 Å². The molecule has 6 nitrogen and oxygen atoms in total. The van der Waals surface area contributed by atoms with E-state index >= 15 is 0 Å².